The standard InChI is InChI=1S/C25H23N5O2S/c1-3-22-6-5-7-24(29-22)30-33(31,32)23-13-10-19(14-20(23)15-26)18-8-11-21(12-9-18)25(4-2,16-27)17-28/h3-17,26-28H,1-2H2,(H,29,30). The van der Waals surface area contributed by atoms with E-state index in [-0.39, 0.29) is 16.3 Å². The maximum Gasteiger partial charge on any atom is 0.263 e. The number of hydrogen-bond acceptors (Lipinski definition) is 6. The van der Waals surface area contributed by atoms with Gasteiger partial charge < -0.3 is 16.2 Å². The van der Waals surface area contributed by atoms with Crippen LogP contribution in [0.15, 0.2) is 84.8 Å². The van der Waals surface area contributed by atoms with Crippen LogP contribution < -0.4 is 4.72 Å². The third kappa shape index (κ3) is 4.70. The number of benzene rings is 2. The van der Waals surface area contributed by atoms with E-state index in [0.717, 1.165) is 35.3 Å². The molecule has 0 bridgehead atoms. The highest BCUT2D eigenvalue weighted by atomic mass is 32.2. The Hall–Kier alpha value is -4.17. The zero-order valence-electron chi connectivity index (χ0n) is 17.7. The molecule has 0 aliphatic rings. The first-order valence-electron chi connectivity index (χ1n) is 9.87. The summed E-state index contributed by atoms with van der Waals surface area (Å²) < 4.78 is 28.3. The Morgan fingerprint density at radius 2 is 1.58 bits per heavy atom. The van der Waals surface area contributed by atoms with Crippen LogP contribution >= 0.6 is 0 Å². The molecule has 0 spiro atoms. The summed E-state index contributed by atoms with van der Waals surface area (Å²) in [4.78, 5) is 4.13. The highest BCUT2D eigenvalue weighted by Crippen LogP contribution is 2.28. The van der Waals surface area contributed by atoms with E-state index in [2.05, 4.69) is 22.9 Å². The van der Waals surface area contributed by atoms with Gasteiger partial charge in [0.15, 0.2) is 0 Å². The van der Waals surface area contributed by atoms with E-state index < -0.39 is 15.4 Å². The number of sulfonamides is 1. The highest BCUT2D eigenvalue weighted by Gasteiger charge is 2.24. The molecule has 0 aliphatic carbocycles. The number of hydrogen-bond donors (Lipinski definition) is 4. The minimum atomic E-state index is -3.98. The molecule has 4 N–H and O–H groups in total. The lowest BCUT2D eigenvalue weighted by Crippen LogP contribution is -2.26. The molecule has 0 radical (unpaired) electrons. The van der Waals surface area contributed by atoms with Crippen molar-refractivity contribution >= 4 is 40.6 Å². The SMILES string of the molecule is C=Cc1cccc(NS(=O)(=O)c2ccc(-c3ccc(C(C=C)(C=N)C=N)cc3)cc2C=N)n1. The van der Waals surface area contributed by atoms with Crippen LogP contribution in [-0.4, -0.2) is 32.0 Å². The maximum absolute atomic E-state index is 13.0. The summed E-state index contributed by atoms with van der Waals surface area (Å²) >= 11 is 0. The molecular weight excluding hydrogens is 434 g/mol. The van der Waals surface area contributed by atoms with Gasteiger partial charge in [0.2, 0.25) is 0 Å². The van der Waals surface area contributed by atoms with Crippen LogP contribution in [0, 0.1) is 16.2 Å². The third-order valence-electron chi connectivity index (χ3n) is 5.21. The van der Waals surface area contributed by atoms with Crippen LogP contribution in [0.1, 0.15) is 16.8 Å². The van der Waals surface area contributed by atoms with E-state index in [4.69, 9.17) is 16.2 Å². The van der Waals surface area contributed by atoms with Crippen molar-refractivity contribution in [2.75, 3.05) is 4.72 Å². The summed E-state index contributed by atoms with van der Waals surface area (Å²) in [5, 5.41) is 23.1. The Kier molecular flexibility index (Phi) is 6.79. The molecule has 166 valence electrons. The van der Waals surface area contributed by atoms with Crippen LogP contribution in [0.4, 0.5) is 5.82 Å². The largest absolute Gasteiger partial charge is 0.311 e. The van der Waals surface area contributed by atoms with Crippen molar-refractivity contribution in [3.8, 4) is 11.1 Å². The Morgan fingerprint density at radius 3 is 2.15 bits per heavy atom. The fraction of sp³-hybridized carbons (Fsp3) is 0.0400. The quantitative estimate of drug-likeness (QED) is 0.255. The summed E-state index contributed by atoms with van der Waals surface area (Å²) in [5.74, 6) is 0.158. The average molecular weight is 458 g/mol. The summed E-state index contributed by atoms with van der Waals surface area (Å²) in [7, 11) is -3.98. The molecular formula is C25H23N5O2S. The molecule has 3 aromatic rings. The average Bonchev–Trinajstić information content (AvgIpc) is 2.85. The van der Waals surface area contributed by atoms with Gasteiger partial charge in [-0.25, -0.2) is 13.4 Å². The van der Waals surface area contributed by atoms with Gasteiger partial charge in [-0.2, -0.15) is 0 Å². The van der Waals surface area contributed by atoms with Gasteiger partial charge in [0.25, 0.3) is 10.0 Å². The summed E-state index contributed by atoms with van der Waals surface area (Å²) in [6.45, 7) is 7.36. The van der Waals surface area contributed by atoms with Gasteiger partial charge >= 0.3 is 0 Å². The predicted octanol–water partition coefficient (Wildman–Crippen LogP) is 4.91. The van der Waals surface area contributed by atoms with Crippen LogP contribution in [0.3, 0.4) is 0 Å². The fourth-order valence-corrected chi connectivity index (χ4v) is 4.47. The second kappa shape index (κ2) is 9.54. The van der Waals surface area contributed by atoms with Crippen molar-refractivity contribution in [1.82, 2.24) is 4.98 Å². The number of allylic oxidation sites excluding steroid dienone is 1. The maximum atomic E-state index is 13.0. The van der Waals surface area contributed by atoms with Crippen LogP contribution in [0.5, 0.6) is 0 Å². The lowest BCUT2D eigenvalue weighted by atomic mass is 9.82. The van der Waals surface area contributed by atoms with Gasteiger partial charge in [-0.1, -0.05) is 49.1 Å². The number of anilines is 1. The Morgan fingerprint density at radius 1 is 0.909 bits per heavy atom. The minimum absolute atomic E-state index is 0.0398. The molecule has 3 rings (SSSR count). The zero-order valence-corrected chi connectivity index (χ0v) is 18.6. The molecule has 0 aliphatic heterocycles. The Bertz CT molecular complexity index is 1320. The van der Waals surface area contributed by atoms with Crippen LogP contribution in [0.25, 0.3) is 17.2 Å². The first kappa shape index (κ1) is 23.5. The number of nitrogens with zero attached hydrogens (tertiary/aromatic N) is 1. The zero-order chi connectivity index (χ0) is 24.1. The Balaban J connectivity index is 1.96. The number of aromatic nitrogens is 1. The first-order chi connectivity index (χ1) is 15.8. The second-order valence-electron chi connectivity index (χ2n) is 7.16. The summed E-state index contributed by atoms with van der Waals surface area (Å²) in [6, 6.07) is 16.9. The van der Waals surface area contributed by atoms with Crippen molar-refractivity contribution in [2.45, 2.75) is 10.3 Å². The molecule has 1 aromatic heterocycles. The number of pyridine rings is 1. The predicted molar refractivity (Wildman–Crippen MR) is 134 cm³/mol. The summed E-state index contributed by atoms with van der Waals surface area (Å²) in [5.41, 5.74) is 2.03. The van der Waals surface area contributed by atoms with Crippen molar-refractivity contribution in [3.05, 3.63) is 96.7 Å². The second-order valence-corrected chi connectivity index (χ2v) is 8.81. The molecule has 0 amide bonds. The van der Waals surface area contributed by atoms with Gasteiger partial charge in [0.1, 0.15) is 5.82 Å². The minimum Gasteiger partial charge on any atom is -0.311 e. The number of nitrogens with one attached hydrogen (secondary N) is 4. The molecule has 8 heteroatoms. The molecule has 1 heterocycles. The van der Waals surface area contributed by atoms with Crippen LogP contribution in [-0.2, 0) is 15.4 Å². The molecule has 0 saturated heterocycles. The van der Waals surface area contributed by atoms with Crippen molar-refractivity contribution in [3.63, 3.8) is 0 Å². The molecule has 0 unspecified atom stereocenters. The van der Waals surface area contributed by atoms with Gasteiger partial charge in [0.05, 0.1) is 16.0 Å². The molecule has 0 atom stereocenters. The Labute approximate surface area is 193 Å². The lowest BCUT2D eigenvalue weighted by molar-refractivity contribution is 0.601. The molecule has 7 nitrogen and oxygen atoms in total. The third-order valence-corrected chi connectivity index (χ3v) is 6.64. The lowest BCUT2D eigenvalue weighted by Gasteiger charge is -2.21. The molecule has 2 aromatic carbocycles. The highest BCUT2D eigenvalue weighted by molar-refractivity contribution is 7.92. The smallest absolute Gasteiger partial charge is 0.263 e. The van der Waals surface area contributed by atoms with E-state index >= 15 is 0 Å². The van der Waals surface area contributed by atoms with Gasteiger partial charge in [-0.05, 0) is 47.0 Å². The van der Waals surface area contributed by atoms with Gasteiger partial charge in [0, 0.05) is 24.2 Å². The van der Waals surface area contributed by atoms with Crippen molar-refractivity contribution in [2.24, 2.45) is 0 Å². The van der Waals surface area contributed by atoms with E-state index in [9.17, 15) is 8.42 Å². The van der Waals surface area contributed by atoms with E-state index in [1.807, 2.05) is 12.1 Å². The molecule has 0 fully saturated rings. The van der Waals surface area contributed by atoms with E-state index in [0.29, 0.717) is 5.69 Å². The monoisotopic (exact) mass is 457 g/mol. The van der Waals surface area contributed by atoms with Crippen LogP contribution in [0.2, 0.25) is 0 Å². The normalized spacial score (nSPS) is 12.7. The number of rotatable bonds is 10. The van der Waals surface area contributed by atoms with E-state index in [1.165, 1.54) is 24.3 Å². The van der Waals surface area contributed by atoms with Crippen molar-refractivity contribution < 1.29 is 8.42 Å². The molecule has 33 heavy (non-hydrogen) atoms. The summed E-state index contributed by atoms with van der Waals surface area (Å²) in [6.07, 6.45) is 6.35. The fourth-order valence-electron chi connectivity index (χ4n) is 3.30. The first-order valence-corrected chi connectivity index (χ1v) is 11.4. The van der Waals surface area contributed by atoms with Gasteiger partial charge in [-0.3, -0.25) is 4.72 Å². The molecule has 0 saturated carbocycles. The van der Waals surface area contributed by atoms with Gasteiger partial charge in [-0.15, -0.1) is 6.58 Å². The van der Waals surface area contributed by atoms with E-state index in [1.54, 1.807) is 36.4 Å². The van der Waals surface area contributed by atoms with Crippen molar-refractivity contribution in [1.29, 1.82) is 16.2 Å². The topological polar surface area (TPSA) is 131 Å².